The van der Waals surface area contributed by atoms with Crippen LogP contribution in [0, 0.1) is 16.0 Å². The Kier molecular flexibility index (Phi) is 5.11. The maximum atomic E-state index is 12.3. The minimum atomic E-state index is -0.557. The lowest BCUT2D eigenvalue weighted by Crippen LogP contribution is -2.41. The fourth-order valence-corrected chi connectivity index (χ4v) is 2.44. The van der Waals surface area contributed by atoms with E-state index >= 15 is 0 Å². The second-order valence-electron chi connectivity index (χ2n) is 4.72. The van der Waals surface area contributed by atoms with Crippen molar-refractivity contribution >= 4 is 28.9 Å². The highest BCUT2D eigenvalue weighted by Crippen LogP contribution is 2.28. The van der Waals surface area contributed by atoms with Gasteiger partial charge in [0.05, 0.1) is 24.1 Å². The fraction of sp³-hybridized carbons (Fsp3) is 0.462. The predicted molar refractivity (Wildman–Crippen MR) is 78.5 cm³/mol. The quantitative estimate of drug-likeness (QED) is 0.638. The second kappa shape index (κ2) is 6.84. The first-order valence-corrected chi connectivity index (χ1v) is 6.96. The van der Waals surface area contributed by atoms with Crippen molar-refractivity contribution in [1.29, 1.82) is 0 Å². The van der Waals surface area contributed by atoms with Gasteiger partial charge in [-0.05, 0) is 18.7 Å². The lowest BCUT2D eigenvalue weighted by atomic mass is 10.0. The first kappa shape index (κ1) is 15.7. The van der Waals surface area contributed by atoms with E-state index < -0.39 is 4.92 Å². The molecule has 2 unspecified atom stereocenters. The van der Waals surface area contributed by atoms with Gasteiger partial charge in [-0.15, -0.1) is 0 Å². The summed E-state index contributed by atoms with van der Waals surface area (Å²) in [6.45, 7) is 3.39. The number of ether oxygens (including phenoxy) is 1. The van der Waals surface area contributed by atoms with Gasteiger partial charge >= 0.3 is 0 Å². The largest absolute Gasteiger partial charge is 0.379 e. The number of anilines is 1. The molecule has 1 heterocycles. The van der Waals surface area contributed by atoms with Gasteiger partial charge in [0.25, 0.3) is 5.69 Å². The van der Waals surface area contributed by atoms with Crippen LogP contribution < -0.4 is 10.6 Å². The lowest BCUT2D eigenvalue weighted by Gasteiger charge is -2.17. The number of halogens is 1. The number of nitro benzene ring substituents is 1. The van der Waals surface area contributed by atoms with Crippen LogP contribution in [0.5, 0.6) is 0 Å². The van der Waals surface area contributed by atoms with Crippen molar-refractivity contribution in [3.05, 3.63) is 33.3 Å². The maximum absolute atomic E-state index is 12.3. The molecule has 0 aliphatic carbocycles. The number of hydrogen-bond donors (Lipinski definition) is 2. The van der Waals surface area contributed by atoms with Crippen molar-refractivity contribution in [2.45, 2.75) is 13.0 Å². The number of carbonyl (C=O) groups is 1. The number of carbonyl (C=O) groups excluding carboxylic acids is 1. The van der Waals surface area contributed by atoms with Crippen molar-refractivity contribution in [3.63, 3.8) is 0 Å². The van der Waals surface area contributed by atoms with Crippen molar-refractivity contribution in [3.8, 4) is 0 Å². The SMILES string of the molecule is CCNC1COCC1C(=O)Nc1cc(Cl)ccc1[N+](=O)[O-]. The third-order valence-electron chi connectivity index (χ3n) is 3.30. The molecule has 0 radical (unpaired) electrons. The molecule has 2 atom stereocenters. The molecule has 1 saturated heterocycles. The molecular weight excluding hydrogens is 298 g/mol. The monoisotopic (exact) mass is 313 g/mol. The molecule has 8 heteroatoms. The molecule has 2 N–H and O–H groups in total. The van der Waals surface area contributed by atoms with E-state index in [9.17, 15) is 14.9 Å². The standard InChI is InChI=1S/C13H16ClN3O4/c1-2-15-11-7-21-6-9(11)13(18)16-10-5-8(14)3-4-12(10)17(19)20/h3-5,9,11,15H,2,6-7H2,1H3,(H,16,18). The summed E-state index contributed by atoms with van der Waals surface area (Å²) in [4.78, 5) is 22.7. The van der Waals surface area contributed by atoms with Gasteiger partial charge in [0.2, 0.25) is 5.91 Å². The molecule has 2 rings (SSSR count). The number of nitro groups is 1. The maximum Gasteiger partial charge on any atom is 0.292 e. The molecule has 114 valence electrons. The van der Waals surface area contributed by atoms with Crippen LogP contribution in [-0.4, -0.2) is 36.6 Å². The Balaban J connectivity index is 2.16. The number of likely N-dealkylation sites (N-methyl/N-ethyl adjacent to an activating group) is 1. The minimum Gasteiger partial charge on any atom is -0.379 e. The molecule has 0 aromatic heterocycles. The van der Waals surface area contributed by atoms with E-state index in [0.29, 0.717) is 11.6 Å². The van der Waals surface area contributed by atoms with E-state index in [1.807, 2.05) is 6.92 Å². The molecule has 0 spiro atoms. The number of nitrogens with zero attached hydrogens (tertiary/aromatic N) is 1. The molecule has 1 fully saturated rings. The van der Waals surface area contributed by atoms with Crippen molar-refractivity contribution < 1.29 is 14.5 Å². The van der Waals surface area contributed by atoms with Crippen LogP contribution in [0.1, 0.15) is 6.92 Å². The van der Waals surface area contributed by atoms with E-state index in [1.165, 1.54) is 18.2 Å². The summed E-state index contributed by atoms with van der Waals surface area (Å²) in [5.74, 6) is -0.702. The summed E-state index contributed by atoms with van der Waals surface area (Å²) in [7, 11) is 0. The molecule has 1 amide bonds. The van der Waals surface area contributed by atoms with Gasteiger partial charge in [0.1, 0.15) is 5.69 Å². The van der Waals surface area contributed by atoms with Crippen LogP contribution in [0.25, 0.3) is 0 Å². The van der Waals surface area contributed by atoms with Gasteiger partial charge in [0.15, 0.2) is 0 Å². The Morgan fingerprint density at radius 3 is 2.95 bits per heavy atom. The molecule has 21 heavy (non-hydrogen) atoms. The average molecular weight is 314 g/mol. The van der Waals surface area contributed by atoms with Crippen LogP contribution in [0.4, 0.5) is 11.4 Å². The number of amides is 1. The van der Waals surface area contributed by atoms with Gasteiger partial charge < -0.3 is 15.4 Å². The van der Waals surface area contributed by atoms with Gasteiger partial charge in [-0.25, -0.2) is 0 Å². The first-order chi connectivity index (χ1) is 10.0. The zero-order valence-electron chi connectivity index (χ0n) is 11.5. The predicted octanol–water partition coefficient (Wildman–Crippen LogP) is 1.81. The Labute approximate surface area is 126 Å². The smallest absolute Gasteiger partial charge is 0.292 e. The van der Waals surface area contributed by atoms with Crippen LogP contribution in [0.2, 0.25) is 5.02 Å². The molecule has 0 saturated carbocycles. The molecule has 7 nitrogen and oxygen atoms in total. The van der Waals surface area contributed by atoms with E-state index in [-0.39, 0.29) is 35.8 Å². The zero-order valence-corrected chi connectivity index (χ0v) is 12.2. The fourth-order valence-electron chi connectivity index (χ4n) is 2.27. The van der Waals surface area contributed by atoms with E-state index in [0.717, 1.165) is 6.54 Å². The Morgan fingerprint density at radius 2 is 2.29 bits per heavy atom. The molecule has 1 aliphatic heterocycles. The number of rotatable bonds is 5. The lowest BCUT2D eigenvalue weighted by molar-refractivity contribution is -0.383. The van der Waals surface area contributed by atoms with E-state index in [4.69, 9.17) is 16.3 Å². The third-order valence-corrected chi connectivity index (χ3v) is 3.53. The summed E-state index contributed by atoms with van der Waals surface area (Å²) >= 11 is 5.83. The summed E-state index contributed by atoms with van der Waals surface area (Å²) in [6.07, 6.45) is 0. The number of nitrogens with one attached hydrogen (secondary N) is 2. The third kappa shape index (κ3) is 3.69. The van der Waals surface area contributed by atoms with Crippen molar-refractivity contribution in [2.24, 2.45) is 5.92 Å². The topological polar surface area (TPSA) is 93.5 Å². The molecule has 1 aromatic rings. The molecular formula is C13H16ClN3O4. The number of benzene rings is 1. The van der Waals surface area contributed by atoms with Gasteiger partial charge in [-0.3, -0.25) is 14.9 Å². The Hall–Kier alpha value is -1.70. The normalized spacial score (nSPS) is 21.2. The summed E-state index contributed by atoms with van der Waals surface area (Å²) in [6, 6.07) is 3.96. The molecule has 0 bridgehead atoms. The van der Waals surface area contributed by atoms with Gasteiger partial charge in [0, 0.05) is 17.1 Å². The van der Waals surface area contributed by atoms with Crippen LogP contribution in [0.3, 0.4) is 0 Å². The van der Waals surface area contributed by atoms with Crippen molar-refractivity contribution in [1.82, 2.24) is 5.32 Å². The zero-order chi connectivity index (χ0) is 15.4. The highest BCUT2D eigenvalue weighted by atomic mass is 35.5. The van der Waals surface area contributed by atoms with E-state index in [1.54, 1.807) is 0 Å². The molecule has 1 aromatic carbocycles. The highest BCUT2D eigenvalue weighted by Gasteiger charge is 2.34. The Bertz CT molecular complexity index is 552. The van der Waals surface area contributed by atoms with E-state index in [2.05, 4.69) is 10.6 Å². The van der Waals surface area contributed by atoms with Crippen molar-refractivity contribution in [2.75, 3.05) is 25.1 Å². The van der Waals surface area contributed by atoms with Gasteiger partial charge in [-0.2, -0.15) is 0 Å². The Morgan fingerprint density at radius 1 is 1.52 bits per heavy atom. The van der Waals surface area contributed by atoms with Crippen LogP contribution in [0.15, 0.2) is 18.2 Å². The number of hydrogen-bond acceptors (Lipinski definition) is 5. The summed E-state index contributed by atoms with van der Waals surface area (Å²) in [5, 5.41) is 17.0. The average Bonchev–Trinajstić information content (AvgIpc) is 2.87. The summed E-state index contributed by atoms with van der Waals surface area (Å²) in [5.41, 5.74) is -0.0914. The molecule has 1 aliphatic rings. The highest BCUT2D eigenvalue weighted by molar-refractivity contribution is 6.31. The van der Waals surface area contributed by atoms with Gasteiger partial charge in [-0.1, -0.05) is 18.5 Å². The summed E-state index contributed by atoms with van der Waals surface area (Å²) < 4.78 is 5.30. The second-order valence-corrected chi connectivity index (χ2v) is 5.15. The van der Waals surface area contributed by atoms with Crippen LogP contribution in [-0.2, 0) is 9.53 Å². The first-order valence-electron chi connectivity index (χ1n) is 6.59. The minimum absolute atomic E-state index is 0.0896. The van der Waals surface area contributed by atoms with Crippen LogP contribution >= 0.6 is 11.6 Å².